The summed E-state index contributed by atoms with van der Waals surface area (Å²) >= 11 is 0. The summed E-state index contributed by atoms with van der Waals surface area (Å²) in [6.07, 6.45) is 6.46. The smallest absolute Gasteiger partial charge is 0.335 e. The summed E-state index contributed by atoms with van der Waals surface area (Å²) in [4.78, 5) is 27.9. The molecule has 0 aliphatic carbocycles. The largest absolute Gasteiger partial charge is 0.486 e. The molecule has 0 amide bonds. The number of methoxy groups -OCH3 is 2. The van der Waals surface area contributed by atoms with Crippen LogP contribution in [0.1, 0.15) is 70.4 Å². The topological polar surface area (TPSA) is 131 Å². The number of benzene rings is 4. The number of esters is 1. The van der Waals surface area contributed by atoms with Gasteiger partial charge in [-0.2, -0.15) is 0 Å². The van der Waals surface area contributed by atoms with Gasteiger partial charge in [-0.25, -0.2) is 9.59 Å². The zero-order valence-corrected chi connectivity index (χ0v) is 37.4. The minimum atomic E-state index is -0.939. The van der Waals surface area contributed by atoms with Crippen LogP contribution in [-0.4, -0.2) is 102 Å². The maximum atomic E-state index is 11.9. The number of hydrogen-bond donors (Lipinski definition) is 3. The lowest BCUT2D eigenvalue weighted by atomic mass is 10.1. The van der Waals surface area contributed by atoms with Crippen LogP contribution in [0, 0.1) is 0 Å². The van der Waals surface area contributed by atoms with Gasteiger partial charge in [-0.1, -0.05) is 75.2 Å². The highest BCUT2D eigenvalue weighted by Gasteiger charge is 2.26. The van der Waals surface area contributed by atoms with Gasteiger partial charge in [0, 0.05) is 64.6 Å². The number of hydrogen-bond acceptors (Lipinski definition) is 11. The third-order valence-electron chi connectivity index (χ3n) is 11.1. The fraction of sp³-hybridized carbons (Fsp3) is 0.480. The Morgan fingerprint density at radius 3 is 1.50 bits per heavy atom. The predicted octanol–water partition coefficient (Wildman–Crippen LogP) is 8.88. The van der Waals surface area contributed by atoms with Gasteiger partial charge in [0.05, 0.1) is 31.1 Å². The van der Waals surface area contributed by atoms with E-state index in [0.717, 1.165) is 112 Å². The monoisotopic (exact) mass is 853 g/mol. The van der Waals surface area contributed by atoms with Crippen LogP contribution in [0.2, 0.25) is 0 Å². The Morgan fingerprint density at radius 1 is 0.661 bits per heavy atom. The first-order valence-electron chi connectivity index (χ1n) is 22.4. The van der Waals surface area contributed by atoms with E-state index in [2.05, 4.69) is 82.8 Å². The zero-order valence-electron chi connectivity index (χ0n) is 37.4. The second kappa shape index (κ2) is 25.5. The van der Waals surface area contributed by atoms with Crippen LogP contribution >= 0.6 is 0 Å². The van der Waals surface area contributed by atoms with E-state index in [9.17, 15) is 9.59 Å². The number of nitrogens with one attached hydrogen (secondary N) is 2. The summed E-state index contributed by atoms with van der Waals surface area (Å²) in [6.45, 7) is 12.2. The van der Waals surface area contributed by atoms with E-state index in [0.29, 0.717) is 19.4 Å². The summed E-state index contributed by atoms with van der Waals surface area (Å²) in [7, 11) is 2.96. The van der Waals surface area contributed by atoms with Crippen LogP contribution in [0.3, 0.4) is 0 Å². The number of anilines is 4. The number of aliphatic carboxylic acids is 1. The van der Waals surface area contributed by atoms with E-state index in [1.54, 1.807) is 6.92 Å². The van der Waals surface area contributed by atoms with Gasteiger partial charge in [-0.3, -0.25) is 0 Å². The average Bonchev–Trinajstić information content (AvgIpc) is 3.28. The van der Waals surface area contributed by atoms with E-state index in [1.807, 2.05) is 48.5 Å². The Kier molecular flexibility index (Phi) is 19.5. The maximum Gasteiger partial charge on any atom is 0.335 e. The molecule has 3 N–H and O–H groups in total. The summed E-state index contributed by atoms with van der Waals surface area (Å²) < 4.78 is 27.6. The van der Waals surface area contributed by atoms with E-state index in [1.165, 1.54) is 25.6 Å². The lowest BCUT2D eigenvalue weighted by molar-refractivity contribution is -0.154. The van der Waals surface area contributed by atoms with Crippen molar-refractivity contribution in [1.82, 2.24) is 0 Å². The fourth-order valence-electron chi connectivity index (χ4n) is 7.85. The van der Waals surface area contributed by atoms with Crippen molar-refractivity contribution in [2.75, 3.05) is 80.5 Å². The van der Waals surface area contributed by atoms with Gasteiger partial charge in [-0.05, 0) is 92.3 Å². The van der Waals surface area contributed by atoms with Crippen LogP contribution < -0.4 is 29.9 Å². The second-order valence-corrected chi connectivity index (χ2v) is 15.8. The molecule has 62 heavy (non-hydrogen) atoms. The number of ether oxygens (including phenoxy) is 5. The first-order chi connectivity index (χ1) is 30.2. The number of nitrogens with zero attached hydrogens (tertiary/aromatic N) is 2. The highest BCUT2D eigenvalue weighted by molar-refractivity contribution is 5.75. The van der Waals surface area contributed by atoms with Crippen LogP contribution in [-0.2, 0) is 36.6 Å². The van der Waals surface area contributed by atoms with E-state index in [-0.39, 0.29) is 18.2 Å². The van der Waals surface area contributed by atoms with Gasteiger partial charge < -0.3 is 49.2 Å². The van der Waals surface area contributed by atoms with Crippen molar-refractivity contribution in [3.63, 3.8) is 0 Å². The van der Waals surface area contributed by atoms with Crippen molar-refractivity contribution in [3.05, 3.63) is 108 Å². The molecular formula is C50H68N4O8. The number of fused-ring (bicyclic) bond motifs is 2. The SMILES string of the molecule is CCCC1CN(CCCNc2ccc(CC(OC)C(=O)O)cc2)c2ccccc2O1.CCCC1CN(CCCNc2ccc(C[C@H](OC)C(=O)OCC)cc2)c2ccccc2O1. The summed E-state index contributed by atoms with van der Waals surface area (Å²) in [6, 6.07) is 32.7. The number of carbonyl (C=O) groups is 2. The minimum Gasteiger partial charge on any atom is -0.486 e. The highest BCUT2D eigenvalue weighted by Crippen LogP contribution is 2.35. The predicted molar refractivity (Wildman–Crippen MR) is 248 cm³/mol. The maximum absolute atomic E-state index is 11.9. The molecule has 12 heteroatoms. The molecule has 2 heterocycles. The van der Waals surface area contributed by atoms with Crippen molar-refractivity contribution in [3.8, 4) is 11.5 Å². The quantitative estimate of drug-likeness (QED) is 0.0487. The lowest BCUT2D eigenvalue weighted by Gasteiger charge is -2.36. The normalized spacial score (nSPS) is 16.3. The molecule has 6 rings (SSSR count). The van der Waals surface area contributed by atoms with Crippen molar-refractivity contribution in [2.24, 2.45) is 0 Å². The molecule has 2 aliphatic heterocycles. The molecule has 4 atom stereocenters. The van der Waals surface area contributed by atoms with Crippen molar-refractivity contribution in [1.29, 1.82) is 0 Å². The molecule has 4 aromatic carbocycles. The number of para-hydroxylation sites is 4. The zero-order chi connectivity index (χ0) is 44.1. The lowest BCUT2D eigenvalue weighted by Crippen LogP contribution is -2.40. The van der Waals surface area contributed by atoms with Gasteiger partial charge in [0.15, 0.2) is 12.2 Å². The molecule has 336 valence electrons. The van der Waals surface area contributed by atoms with E-state index < -0.39 is 18.2 Å². The molecular weight excluding hydrogens is 785 g/mol. The van der Waals surface area contributed by atoms with Crippen LogP contribution in [0.5, 0.6) is 11.5 Å². The van der Waals surface area contributed by atoms with Crippen molar-refractivity contribution in [2.45, 2.75) is 96.6 Å². The third-order valence-corrected chi connectivity index (χ3v) is 11.1. The average molecular weight is 853 g/mol. The van der Waals surface area contributed by atoms with Gasteiger partial charge in [0.25, 0.3) is 0 Å². The molecule has 12 nitrogen and oxygen atoms in total. The standard InChI is InChI=1S/C26H36N2O4.C24H32N2O4/c1-4-9-22-19-28(23-10-6-7-11-24(23)32-22)17-8-16-27-21-14-12-20(13-15-21)18-25(30-3)26(29)31-5-2;1-3-7-20-17-26(21-8-4-5-9-22(21)30-20)15-6-14-25-19-12-10-18(11-13-19)16-23(29-2)24(27)28/h6-7,10-15,22,25,27H,4-5,8-9,16-19H2,1-3H3;4-5,8-13,20,23,25H,3,6-7,14-17H2,1-2H3,(H,27,28)/t22?,25-;/m0./s1. The first-order valence-corrected chi connectivity index (χ1v) is 22.4. The van der Waals surface area contributed by atoms with E-state index in [4.69, 9.17) is 28.8 Å². The summed E-state index contributed by atoms with van der Waals surface area (Å²) in [5.41, 5.74) is 6.47. The number of carbonyl (C=O) groups excluding carboxylic acids is 1. The molecule has 0 aromatic heterocycles. The summed E-state index contributed by atoms with van der Waals surface area (Å²) in [5, 5.41) is 16.1. The van der Waals surface area contributed by atoms with Gasteiger partial charge >= 0.3 is 11.9 Å². The molecule has 0 fully saturated rings. The first kappa shape index (κ1) is 47.6. The van der Waals surface area contributed by atoms with Crippen LogP contribution in [0.4, 0.5) is 22.7 Å². The van der Waals surface area contributed by atoms with Crippen molar-refractivity contribution < 1.29 is 38.4 Å². The van der Waals surface area contributed by atoms with Crippen molar-refractivity contribution >= 4 is 34.7 Å². The number of rotatable bonds is 23. The molecule has 0 bridgehead atoms. The van der Waals surface area contributed by atoms with Gasteiger partial charge in [-0.15, -0.1) is 0 Å². The fourth-order valence-corrected chi connectivity index (χ4v) is 7.85. The molecule has 0 radical (unpaired) electrons. The molecule has 2 aliphatic rings. The molecule has 0 spiro atoms. The Labute approximate surface area is 368 Å². The number of carboxylic acids is 1. The summed E-state index contributed by atoms with van der Waals surface area (Å²) in [5.74, 6) is 0.730. The van der Waals surface area contributed by atoms with Crippen LogP contribution in [0.25, 0.3) is 0 Å². The molecule has 4 aromatic rings. The Balaban J connectivity index is 0.000000235. The second-order valence-electron chi connectivity index (χ2n) is 15.8. The highest BCUT2D eigenvalue weighted by atomic mass is 16.6. The van der Waals surface area contributed by atoms with Gasteiger partial charge in [0.2, 0.25) is 0 Å². The third kappa shape index (κ3) is 14.6. The van der Waals surface area contributed by atoms with Gasteiger partial charge in [0.1, 0.15) is 23.7 Å². The molecule has 0 saturated carbocycles. The Hall–Kier alpha value is -5.46. The Morgan fingerprint density at radius 2 is 1.10 bits per heavy atom. The van der Waals surface area contributed by atoms with E-state index >= 15 is 0 Å². The van der Waals surface area contributed by atoms with Crippen LogP contribution in [0.15, 0.2) is 97.1 Å². The Bertz CT molecular complexity index is 1930. The number of carboxylic acid groups (broad SMARTS) is 1. The minimum absolute atomic E-state index is 0.257. The molecule has 0 saturated heterocycles. The molecule has 3 unspecified atom stereocenters.